The van der Waals surface area contributed by atoms with Crippen LogP contribution in [0, 0.1) is 11.8 Å². The first kappa shape index (κ1) is 15.9. The van der Waals surface area contributed by atoms with E-state index < -0.39 is 0 Å². The first-order valence-electron chi connectivity index (χ1n) is 9.07. The maximum Gasteiger partial charge on any atom is 0.407 e. The molecule has 1 amide bonds. The van der Waals surface area contributed by atoms with Crippen LogP contribution in [-0.2, 0) is 16.0 Å². The van der Waals surface area contributed by atoms with Gasteiger partial charge in [-0.2, -0.15) is 0 Å². The van der Waals surface area contributed by atoms with Crippen molar-refractivity contribution in [3.8, 4) is 0 Å². The van der Waals surface area contributed by atoms with E-state index in [0.29, 0.717) is 19.1 Å². The van der Waals surface area contributed by atoms with Gasteiger partial charge in [0.1, 0.15) is 0 Å². The Morgan fingerprint density at radius 3 is 2.71 bits per heavy atom. The van der Waals surface area contributed by atoms with Gasteiger partial charge in [0.25, 0.3) is 0 Å². The van der Waals surface area contributed by atoms with Crippen LogP contribution < -0.4 is 5.32 Å². The number of rotatable bonds is 4. The summed E-state index contributed by atoms with van der Waals surface area (Å²) in [4.78, 5) is 14.5. The molecule has 0 radical (unpaired) electrons. The zero-order chi connectivity index (χ0) is 16.4. The molecule has 4 rings (SSSR count). The van der Waals surface area contributed by atoms with Crippen molar-refractivity contribution in [2.45, 2.75) is 38.0 Å². The minimum atomic E-state index is -0.272. The molecule has 1 aliphatic carbocycles. The summed E-state index contributed by atoms with van der Waals surface area (Å²) in [6.07, 6.45) is 3.02. The quantitative estimate of drug-likeness (QED) is 0.921. The third kappa shape index (κ3) is 3.73. The third-order valence-electron chi connectivity index (χ3n) is 5.58. The minimum absolute atomic E-state index is 0.0471. The van der Waals surface area contributed by atoms with Crippen molar-refractivity contribution in [3.05, 3.63) is 35.9 Å². The highest BCUT2D eigenvalue weighted by molar-refractivity contribution is 5.67. The van der Waals surface area contributed by atoms with Gasteiger partial charge in [-0.15, -0.1) is 0 Å². The van der Waals surface area contributed by atoms with Crippen LogP contribution in [-0.4, -0.2) is 49.4 Å². The number of hydrogen-bond donors (Lipinski definition) is 1. The van der Waals surface area contributed by atoms with E-state index in [2.05, 4.69) is 40.5 Å². The summed E-state index contributed by atoms with van der Waals surface area (Å²) >= 11 is 0. The second-order valence-corrected chi connectivity index (χ2v) is 7.42. The molecule has 0 bridgehead atoms. The molecular weight excluding hydrogens is 304 g/mol. The largest absolute Gasteiger partial charge is 0.441 e. The molecule has 2 saturated heterocycles. The number of alkyl carbamates (subject to hydrolysis) is 1. The molecule has 1 saturated carbocycles. The molecule has 3 aliphatic rings. The average molecular weight is 330 g/mol. The topological polar surface area (TPSA) is 50.8 Å². The molecule has 2 aliphatic heterocycles. The summed E-state index contributed by atoms with van der Waals surface area (Å²) in [5.41, 5.74) is 1.39. The molecule has 0 spiro atoms. The Bertz CT molecular complexity index is 561. The van der Waals surface area contributed by atoms with E-state index in [1.807, 2.05) is 0 Å². The SMILES string of the molecule is O=C(NC1CC[C@@H]2CN(Cc3ccccc3)C[C@@H]2C1)OC1COC1. The highest BCUT2D eigenvalue weighted by Crippen LogP contribution is 2.36. The number of nitrogens with zero attached hydrogens (tertiary/aromatic N) is 1. The molecule has 1 unspecified atom stereocenters. The number of likely N-dealkylation sites (tertiary alicyclic amines) is 1. The zero-order valence-electron chi connectivity index (χ0n) is 14.0. The molecule has 2 heterocycles. The first-order chi connectivity index (χ1) is 11.8. The van der Waals surface area contributed by atoms with Crippen molar-refractivity contribution >= 4 is 6.09 Å². The monoisotopic (exact) mass is 330 g/mol. The molecule has 1 N–H and O–H groups in total. The molecule has 1 aromatic carbocycles. The van der Waals surface area contributed by atoms with Crippen LogP contribution in [0.15, 0.2) is 30.3 Å². The molecule has 24 heavy (non-hydrogen) atoms. The van der Waals surface area contributed by atoms with Crippen molar-refractivity contribution in [2.24, 2.45) is 11.8 Å². The summed E-state index contributed by atoms with van der Waals surface area (Å²) in [7, 11) is 0. The van der Waals surface area contributed by atoms with Crippen LogP contribution >= 0.6 is 0 Å². The van der Waals surface area contributed by atoms with E-state index >= 15 is 0 Å². The van der Waals surface area contributed by atoms with Gasteiger partial charge >= 0.3 is 6.09 Å². The van der Waals surface area contributed by atoms with E-state index in [-0.39, 0.29) is 18.2 Å². The molecule has 1 aromatic rings. The van der Waals surface area contributed by atoms with Crippen molar-refractivity contribution in [1.82, 2.24) is 10.2 Å². The number of ether oxygens (including phenoxy) is 2. The summed E-state index contributed by atoms with van der Waals surface area (Å²) in [5.74, 6) is 1.47. The number of benzene rings is 1. The molecular formula is C19H26N2O3. The Labute approximate surface area is 143 Å². The molecule has 130 valence electrons. The Hall–Kier alpha value is -1.59. The van der Waals surface area contributed by atoms with E-state index in [4.69, 9.17) is 9.47 Å². The lowest BCUT2D eigenvalue weighted by molar-refractivity contribution is -0.0986. The molecule has 3 fully saturated rings. The van der Waals surface area contributed by atoms with E-state index in [1.54, 1.807) is 0 Å². The van der Waals surface area contributed by atoms with E-state index in [1.165, 1.54) is 18.5 Å². The Kier molecular flexibility index (Phi) is 4.72. The number of nitrogens with one attached hydrogen (secondary N) is 1. The Morgan fingerprint density at radius 1 is 1.17 bits per heavy atom. The Morgan fingerprint density at radius 2 is 1.96 bits per heavy atom. The number of carbonyl (C=O) groups is 1. The number of hydrogen-bond acceptors (Lipinski definition) is 4. The van der Waals surface area contributed by atoms with Crippen LogP contribution in [0.1, 0.15) is 24.8 Å². The fraction of sp³-hybridized carbons (Fsp3) is 0.632. The van der Waals surface area contributed by atoms with Gasteiger partial charge in [-0.05, 0) is 36.7 Å². The van der Waals surface area contributed by atoms with Gasteiger partial charge in [-0.25, -0.2) is 4.79 Å². The minimum Gasteiger partial charge on any atom is -0.441 e. The summed E-state index contributed by atoms with van der Waals surface area (Å²) in [5, 5.41) is 3.06. The second-order valence-electron chi connectivity index (χ2n) is 7.42. The van der Waals surface area contributed by atoms with Gasteiger partial charge in [0.05, 0.1) is 13.2 Å². The van der Waals surface area contributed by atoms with Crippen LogP contribution in [0.2, 0.25) is 0 Å². The predicted molar refractivity (Wildman–Crippen MR) is 90.6 cm³/mol. The molecule has 5 heteroatoms. The van der Waals surface area contributed by atoms with E-state index in [9.17, 15) is 4.79 Å². The van der Waals surface area contributed by atoms with Gasteiger partial charge in [0.15, 0.2) is 6.10 Å². The summed E-state index contributed by atoms with van der Waals surface area (Å²) < 4.78 is 10.3. The van der Waals surface area contributed by atoms with Crippen molar-refractivity contribution < 1.29 is 14.3 Å². The first-order valence-corrected chi connectivity index (χ1v) is 9.07. The van der Waals surface area contributed by atoms with Crippen LogP contribution in [0.25, 0.3) is 0 Å². The van der Waals surface area contributed by atoms with Crippen molar-refractivity contribution in [1.29, 1.82) is 0 Å². The molecule has 5 nitrogen and oxygen atoms in total. The summed E-state index contributed by atoms with van der Waals surface area (Å²) in [6, 6.07) is 10.9. The fourth-order valence-electron chi connectivity index (χ4n) is 4.26. The smallest absolute Gasteiger partial charge is 0.407 e. The maximum absolute atomic E-state index is 11.9. The lowest BCUT2D eigenvalue weighted by Crippen LogP contribution is -2.45. The van der Waals surface area contributed by atoms with Gasteiger partial charge in [-0.3, -0.25) is 4.90 Å². The fourth-order valence-corrected chi connectivity index (χ4v) is 4.26. The van der Waals surface area contributed by atoms with Crippen LogP contribution in [0.4, 0.5) is 4.79 Å². The lowest BCUT2D eigenvalue weighted by Gasteiger charge is -2.32. The lowest BCUT2D eigenvalue weighted by atomic mass is 9.79. The van der Waals surface area contributed by atoms with Crippen molar-refractivity contribution in [2.75, 3.05) is 26.3 Å². The maximum atomic E-state index is 11.9. The van der Waals surface area contributed by atoms with Crippen LogP contribution in [0.3, 0.4) is 0 Å². The zero-order valence-corrected chi connectivity index (χ0v) is 14.0. The Balaban J connectivity index is 1.25. The normalized spacial score (nSPS) is 30.4. The predicted octanol–water partition coefficient (Wildman–Crippen LogP) is 2.41. The number of fused-ring (bicyclic) bond motifs is 1. The number of carbonyl (C=O) groups excluding carboxylic acids is 1. The van der Waals surface area contributed by atoms with Crippen molar-refractivity contribution in [3.63, 3.8) is 0 Å². The average Bonchev–Trinajstić information content (AvgIpc) is 2.93. The van der Waals surface area contributed by atoms with Gasteiger partial charge < -0.3 is 14.8 Å². The van der Waals surface area contributed by atoms with Crippen LogP contribution in [0.5, 0.6) is 0 Å². The highest BCUT2D eigenvalue weighted by atomic mass is 16.6. The number of amides is 1. The highest BCUT2D eigenvalue weighted by Gasteiger charge is 2.38. The van der Waals surface area contributed by atoms with Gasteiger partial charge in [0.2, 0.25) is 0 Å². The van der Waals surface area contributed by atoms with E-state index in [0.717, 1.165) is 31.8 Å². The molecule has 3 atom stereocenters. The van der Waals surface area contributed by atoms with Gasteiger partial charge in [0, 0.05) is 25.7 Å². The molecule has 0 aromatic heterocycles. The third-order valence-corrected chi connectivity index (χ3v) is 5.58. The van der Waals surface area contributed by atoms with Gasteiger partial charge in [-0.1, -0.05) is 30.3 Å². The standard InChI is InChI=1S/C19H26N2O3/c22-19(24-18-12-23-13-18)20-17-7-6-15-10-21(11-16(15)8-17)9-14-4-2-1-3-5-14/h1-5,15-18H,6-13H2,(H,20,22)/t15-,16+,17?/m1/s1. The second kappa shape index (κ2) is 7.11. The summed E-state index contributed by atoms with van der Waals surface area (Å²) in [6.45, 7) is 4.45.